The number of rotatable bonds is 26. The number of methoxy groups -OCH3 is 1. The lowest BCUT2D eigenvalue weighted by atomic mass is 9.79. The maximum atomic E-state index is 12.0. The van der Waals surface area contributed by atoms with Crippen molar-refractivity contribution in [3.8, 4) is 40.2 Å². The Bertz CT molecular complexity index is 6450. The Labute approximate surface area is 880 Å². The van der Waals surface area contributed by atoms with Crippen LogP contribution in [-0.4, -0.2) is 150 Å². The van der Waals surface area contributed by atoms with Gasteiger partial charge in [-0.05, 0) is 222 Å². The van der Waals surface area contributed by atoms with E-state index in [9.17, 15) is 30.6 Å². The lowest BCUT2D eigenvalue weighted by molar-refractivity contribution is 0.118. The molecule has 3 unspecified atom stereocenters. The molecule has 0 amide bonds. The molecule has 0 bridgehead atoms. The van der Waals surface area contributed by atoms with Gasteiger partial charge in [0.2, 0.25) is 0 Å². The summed E-state index contributed by atoms with van der Waals surface area (Å²) in [5, 5.41) is 73.3. The van der Waals surface area contributed by atoms with Crippen LogP contribution >= 0.6 is 54.6 Å². The Hall–Kier alpha value is -11.8. The molecule has 17 rings (SSSR count). The maximum absolute atomic E-state index is 12.0. The molecule has 14 aromatic carbocycles. The number of benzene rings is 14. The zero-order valence-electron chi connectivity index (χ0n) is 86.9. The van der Waals surface area contributed by atoms with Gasteiger partial charge in [0.1, 0.15) is 46.9 Å². The van der Waals surface area contributed by atoms with Crippen LogP contribution in [0.2, 0.25) is 10.0 Å². The lowest BCUT2D eigenvalue weighted by Crippen LogP contribution is -2.30. The number of aliphatic imine (C=N–C) groups is 4. The first-order valence-corrected chi connectivity index (χ1v) is 54.1. The summed E-state index contributed by atoms with van der Waals surface area (Å²) in [5.41, 5.74) is 14.3. The zero-order chi connectivity index (χ0) is 104. The summed E-state index contributed by atoms with van der Waals surface area (Å²) in [7, 11) is 3.07. The molecule has 0 saturated carbocycles. The maximum Gasteiger partial charge on any atom is 0.143 e. The van der Waals surface area contributed by atoms with E-state index in [0.717, 1.165) is 132 Å². The highest BCUT2D eigenvalue weighted by Crippen LogP contribution is 2.56. The van der Waals surface area contributed by atoms with Gasteiger partial charge in [0.15, 0.2) is 0 Å². The van der Waals surface area contributed by atoms with Crippen LogP contribution in [0.15, 0.2) is 335 Å². The van der Waals surface area contributed by atoms with Crippen molar-refractivity contribution in [1.29, 1.82) is 0 Å². The molecule has 0 radical (unpaired) electrons. The van der Waals surface area contributed by atoms with Gasteiger partial charge >= 0.3 is 0 Å². The van der Waals surface area contributed by atoms with Gasteiger partial charge in [-0.25, -0.2) is 0 Å². The van der Waals surface area contributed by atoms with Crippen LogP contribution in [0.25, 0.3) is 21.5 Å². The number of ether oxygens (including phenoxy) is 4. The molecule has 762 valence electrons. The van der Waals surface area contributed by atoms with Gasteiger partial charge < -0.3 is 54.9 Å². The minimum atomic E-state index is -0.873. The first-order valence-electron chi connectivity index (χ1n) is 49.8. The van der Waals surface area contributed by atoms with Crippen molar-refractivity contribution in [3.63, 3.8) is 0 Å². The van der Waals surface area contributed by atoms with Crippen molar-refractivity contribution in [3.05, 3.63) is 387 Å². The Kier molecular flexibility index (Phi) is 44.0. The molecule has 3 fully saturated rings. The summed E-state index contributed by atoms with van der Waals surface area (Å²) in [6, 6.07) is 104. The Morgan fingerprint density at radius 2 is 1.02 bits per heavy atom. The smallest absolute Gasteiger partial charge is 0.143 e. The fourth-order valence-electron chi connectivity index (χ4n) is 16.6. The molecular formula is C124H145Cl2N6O10PS2. The summed E-state index contributed by atoms with van der Waals surface area (Å²) in [6.07, 6.45) is 9.39. The number of halogens is 2. The third-order valence-corrected chi connectivity index (χ3v) is 31.1. The van der Waals surface area contributed by atoms with Crippen LogP contribution in [0.3, 0.4) is 0 Å². The van der Waals surface area contributed by atoms with E-state index in [-0.39, 0.29) is 67.7 Å². The summed E-state index contributed by atoms with van der Waals surface area (Å²) < 4.78 is 21.9. The highest BCUT2D eigenvalue weighted by atomic mass is 35.5. The average molecular weight is 2050 g/mol. The number of phenolic OH excluding ortho intramolecular Hbond substituents is 6. The summed E-state index contributed by atoms with van der Waals surface area (Å²) in [6.45, 7) is 37.0. The number of aromatic hydroxyl groups is 6. The average Bonchev–Trinajstić information content (AvgIpc) is 0.841. The van der Waals surface area contributed by atoms with Gasteiger partial charge in [0.05, 0.1) is 52.9 Å². The molecule has 0 spiro atoms. The zero-order valence-corrected chi connectivity index (χ0v) is 90.9. The minimum absolute atomic E-state index is 0.00162. The Morgan fingerprint density at radius 1 is 0.497 bits per heavy atom. The standard InChI is InChI=1S/C35H42NOP.C17H26OS2.C16H17NO2.C15H15NO2.C14H11Cl2NO.C14H17NO.C13H17NO2/c1-34(2,3)27-23-30(32(37)31(24-27)35(4,5)6)33(36(7)25-26-17-11-8-12-18-26)38(28-19-13-9-14-20-28)29-21-15-10-16-22-29;1-16(2,3)11-9-12(15-19-7-8-20-15)14(18)13(10-11)17(4,5)6;18-16-8-7-12-4-1-2-6-14(12)15(16)11-17-10-13-5-3-9-19-13;17-15-9-5-4-6-13(15)12-16-10-11-18-14-7-2-1-3-8-14;1-9(17-11-5-3-2-4-6-11)12-7-10(15)8-13(16)14(12)18;1-16-11-5-10-15-14-9-4-7-12-6-2-3-8-13(12)14;1-10(12-6-2-3-7-13(12)15)14-9-11-5-4-8-16-11/h8-24,33,37H,25H2,1-7H3;9-10,15,18H,7-8H2,1-6H3;1-2,4,6-8,11,13,18H,3,5,9-10H2;1-9,12,17H,10-11H2;2-8,18H,1H3;2-4,6-9,15H,5,10-11H2,1H3;2-3,6-7,11,15H,4-5,8-9H2,1H3. The second-order valence-corrected chi connectivity index (χ2v) is 45.9. The third-order valence-electron chi connectivity index (χ3n) is 24.6. The molecule has 3 atom stereocenters. The number of para-hydroxylation sites is 4. The van der Waals surface area contributed by atoms with Gasteiger partial charge in [-0.3, -0.25) is 24.9 Å². The molecule has 3 heterocycles. The second-order valence-electron chi connectivity index (χ2n) is 40.1. The predicted octanol–water partition coefficient (Wildman–Crippen LogP) is 30.3. The first-order chi connectivity index (χ1) is 69.5. The molecule has 3 saturated heterocycles. The normalized spacial score (nSPS) is 14.7. The number of phenols is 6. The quantitative estimate of drug-likeness (QED) is 0.0152. The molecule has 3 aliphatic rings. The lowest BCUT2D eigenvalue weighted by Gasteiger charge is -2.38. The van der Waals surface area contributed by atoms with Crippen LogP contribution < -0.4 is 20.7 Å². The van der Waals surface area contributed by atoms with E-state index >= 15 is 0 Å². The van der Waals surface area contributed by atoms with Gasteiger partial charge in [0.25, 0.3) is 0 Å². The first kappa shape index (κ1) is 114. The van der Waals surface area contributed by atoms with E-state index in [1.54, 1.807) is 56.8 Å². The van der Waals surface area contributed by atoms with Crippen LogP contribution in [0.5, 0.6) is 40.2 Å². The molecule has 3 aliphatic heterocycles. The number of thioether (sulfide) groups is 2. The largest absolute Gasteiger partial charge is 0.507 e. The summed E-state index contributed by atoms with van der Waals surface area (Å²) in [5.74, 6) is 4.91. The van der Waals surface area contributed by atoms with Crippen molar-refractivity contribution in [1.82, 2.24) is 4.90 Å². The fourth-order valence-corrected chi connectivity index (χ4v) is 22.8. The van der Waals surface area contributed by atoms with Gasteiger partial charge in [0, 0.05) is 125 Å². The molecule has 0 aliphatic carbocycles. The van der Waals surface area contributed by atoms with E-state index in [4.69, 9.17) is 42.1 Å². The van der Waals surface area contributed by atoms with Crippen molar-refractivity contribution >= 4 is 122 Å². The second kappa shape index (κ2) is 56.2. The molecule has 7 N–H and O–H groups in total. The van der Waals surface area contributed by atoms with E-state index < -0.39 is 7.92 Å². The molecule has 14 aromatic rings. The predicted molar refractivity (Wildman–Crippen MR) is 617 cm³/mol. The van der Waals surface area contributed by atoms with Gasteiger partial charge in [-0.15, -0.1) is 23.5 Å². The number of hydrogen-bond donors (Lipinski definition) is 7. The topological polar surface area (TPSA) is 223 Å². The van der Waals surface area contributed by atoms with Crippen molar-refractivity contribution < 1.29 is 49.6 Å². The monoisotopic (exact) mass is 2040 g/mol. The van der Waals surface area contributed by atoms with E-state index in [0.29, 0.717) is 58.6 Å². The van der Waals surface area contributed by atoms with Crippen molar-refractivity contribution in [2.45, 2.75) is 180 Å². The molecular weight excluding hydrogens is 1900 g/mol. The summed E-state index contributed by atoms with van der Waals surface area (Å²) in [4.78, 5) is 20.0. The fraction of sp³-hybridized carbons (Fsp3) is 0.323. The summed E-state index contributed by atoms with van der Waals surface area (Å²) >= 11 is 15.7. The van der Waals surface area contributed by atoms with Crippen LogP contribution in [0, 0.1) is 0 Å². The van der Waals surface area contributed by atoms with E-state index in [1.165, 1.54) is 61.3 Å². The molecule has 21 heteroatoms. The van der Waals surface area contributed by atoms with Crippen LogP contribution in [0.1, 0.15) is 201 Å². The van der Waals surface area contributed by atoms with E-state index in [1.807, 2.05) is 152 Å². The van der Waals surface area contributed by atoms with Gasteiger partial charge in [-0.1, -0.05) is 337 Å². The highest BCUT2D eigenvalue weighted by molar-refractivity contribution is 8.19. The Balaban J connectivity index is 0.000000165. The third kappa shape index (κ3) is 35.0. The molecule has 16 nitrogen and oxygen atoms in total. The molecule has 145 heavy (non-hydrogen) atoms. The molecule has 0 aromatic heterocycles. The number of hydrogen-bond acceptors (Lipinski definition) is 18. The number of nitrogens with zero attached hydrogens (tertiary/aromatic N) is 5. The number of nitrogens with one attached hydrogen (secondary N) is 1. The van der Waals surface area contributed by atoms with Crippen molar-refractivity contribution in [2.75, 3.05) is 83.6 Å². The van der Waals surface area contributed by atoms with Crippen LogP contribution in [0.4, 0.5) is 11.4 Å². The highest BCUT2D eigenvalue weighted by Gasteiger charge is 2.37. The van der Waals surface area contributed by atoms with Gasteiger partial charge in [-0.2, -0.15) is 0 Å². The van der Waals surface area contributed by atoms with E-state index in [2.05, 4.69) is 278 Å². The minimum Gasteiger partial charge on any atom is -0.507 e. The Morgan fingerprint density at radius 3 is 1.60 bits per heavy atom. The van der Waals surface area contributed by atoms with Crippen LogP contribution in [-0.2, 0) is 42.4 Å². The number of fused-ring (bicyclic) bond motifs is 2. The van der Waals surface area contributed by atoms with Crippen molar-refractivity contribution in [2.24, 2.45) is 20.0 Å². The number of anilines is 1. The SMILES string of the molecule is CC(=NCC1CCCO1)c1ccccc1O.CC(=Nc1ccccc1)c1cc(Cl)cc(Cl)c1O.CC(C)(C)c1cc(C2SCCS2)c(O)c(C(C)(C)C)c1.CN(Cc1ccccc1)C(c1cc(C(C)(C)C)cc(C(C)(C)C)c1O)P(c1ccccc1)c1ccccc1.COCCCNc1cccc2ccccc12.Oc1ccc2ccccc2c1C=NCC1CCCO1.Oc1ccccc1C=NCCOc1ccccc1.